The molecule has 0 aliphatic heterocycles. The highest BCUT2D eigenvalue weighted by Gasteiger charge is 2.25. The van der Waals surface area contributed by atoms with E-state index >= 15 is 0 Å². The molecule has 2 nitrogen and oxygen atoms in total. The number of rotatable bonds is 5. The molecule has 12 heavy (non-hydrogen) atoms. The van der Waals surface area contributed by atoms with Crippen LogP contribution < -0.4 is 5.32 Å². The Morgan fingerprint density at radius 2 is 2.33 bits per heavy atom. The van der Waals surface area contributed by atoms with Gasteiger partial charge in [0.25, 0.3) is 0 Å². The smallest absolute Gasteiger partial charge is 0.113 e. The largest absolute Gasteiger partial charge is 0.381 e. The Morgan fingerprint density at radius 3 is 2.67 bits per heavy atom. The molecular weight excluding hydrogens is 157 g/mol. The van der Waals surface area contributed by atoms with Crippen molar-refractivity contribution in [3.8, 4) is 0 Å². The van der Waals surface area contributed by atoms with Crippen LogP contribution in [0.5, 0.6) is 0 Å². The van der Waals surface area contributed by atoms with Crippen molar-refractivity contribution in [2.24, 2.45) is 0 Å². The van der Waals surface area contributed by atoms with Gasteiger partial charge in [0.1, 0.15) is 5.83 Å². The van der Waals surface area contributed by atoms with Crippen LogP contribution in [0.25, 0.3) is 0 Å². The highest BCUT2D eigenvalue weighted by atomic mass is 19.1. The fourth-order valence-electron chi connectivity index (χ4n) is 0.807. The maximum atomic E-state index is 12.9. The van der Waals surface area contributed by atoms with Gasteiger partial charge < -0.3 is 5.11 Å². The molecule has 0 aliphatic rings. The van der Waals surface area contributed by atoms with Crippen molar-refractivity contribution >= 4 is 0 Å². The van der Waals surface area contributed by atoms with Crippen LogP contribution in [0.4, 0.5) is 4.39 Å². The van der Waals surface area contributed by atoms with Crippen molar-refractivity contribution < 1.29 is 9.50 Å². The molecule has 0 aromatic rings. The number of allylic oxidation sites excluding steroid dienone is 1. The minimum absolute atomic E-state index is 0.253. The summed E-state index contributed by atoms with van der Waals surface area (Å²) in [6.07, 6.45) is 4.15. The number of aliphatic hydroxyl groups excluding tert-OH is 1. The van der Waals surface area contributed by atoms with E-state index in [9.17, 15) is 4.39 Å². The molecule has 0 aliphatic carbocycles. The Morgan fingerprint density at radius 1 is 1.75 bits per heavy atom. The van der Waals surface area contributed by atoms with E-state index in [1.54, 1.807) is 6.92 Å². The molecule has 0 aromatic carbocycles. The highest BCUT2D eigenvalue weighted by Crippen LogP contribution is 2.20. The molecule has 1 atom stereocenters. The number of nitrogens with one attached hydrogen (secondary N) is 1. The van der Waals surface area contributed by atoms with Gasteiger partial charge in [0.05, 0.1) is 12.3 Å². The van der Waals surface area contributed by atoms with Gasteiger partial charge in [-0.15, -0.1) is 0 Å². The van der Waals surface area contributed by atoms with E-state index in [-0.39, 0.29) is 6.73 Å². The first kappa shape index (κ1) is 11.3. The lowest BCUT2D eigenvalue weighted by molar-refractivity contribution is 0.203. The average Bonchev–Trinajstić information content (AvgIpc) is 2.01. The van der Waals surface area contributed by atoms with Crippen LogP contribution in [0.15, 0.2) is 24.6 Å². The van der Waals surface area contributed by atoms with E-state index in [0.717, 1.165) is 0 Å². The first-order chi connectivity index (χ1) is 5.56. The first-order valence-electron chi connectivity index (χ1n) is 3.88. The lowest BCUT2D eigenvalue weighted by Crippen LogP contribution is -2.42. The second kappa shape index (κ2) is 5.06. The van der Waals surface area contributed by atoms with Crippen molar-refractivity contribution in [1.82, 2.24) is 5.32 Å². The SMILES string of the molecule is C=C(F)C(C)(C/C=C\C)NCO. The van der Waals surface area contributed by atoms with Gasteiger partial charge >= 0.3 is 0 Å². The zero-order valence-corrected chi connectivity index (χ0v) is 7.60. The molecule has 0 amide bonds. The zero-order valence-electron chi connectivity index (χ0n) is 7.60. The topological polar surface area (TPSA) is 32.3 Å². The van der Waals surface area contributed by atoms with E-state index in [4.69, 9.17) is 5.11 Å². The summed E-state index contributed by atoms with van der Waals surface area (Å²) < 4.78 is 12.9. The summed E-state index contributed by atoms with van der Waals surface area (Å²) in [6, 6.07) is 0. The Bertz CT molecular complexity index is 179. The molecule has 0 fully saturated rings. The molecule has 0 heterocycles. The average molecular weight is 173 g/mol. The maximum absolute atomic E-state index is 12.9. The van der Waals surface area contributed by atoms with Crippen molar-refractivity contribution in [2.75, 3.05) is 6.73 Å². The van der Waals surface area contributed by atoms with E-state index in [1.165, 1.54) is 0 Å². The summed E-state index contributed by atoms with van der Waals surface area (Å²) in [5, 5.41) is 11.2. The lowest BCUT2D eigenvalue weighted by Gasteiger charge is -2.26. The van der Waals surface area contributed by atoms with Gasteiger partial charge in [-0.25, -0.2) is 4.39 Å². The van der Waals surface area contributed by atoms with Gasteiger partial charge in [-0.1, -0.05) is 18.7 Å². The standard InChI is InChI=1S/C9H16FNO/c1-4-5-6-9(3,8(2)10)11-7-12/h4-5,11-12H,2,6-7H2,1,3H3/b5-4-. The Labute approximate surface area is 72.8 Å². The van der Waals surface area contributed by atoms with Crippen LogP contribution in [-0.2, 0) is 0 Å². The summed E-state index contributed by atoms with van der Waals surface area (Å²) in [6.45, 7) is 6.49. The van der Waals surface area contributed by atoms with Crippen LogP contribution in [0.2, 0.25) is 0 Å². The molecule has 0 saturated carbocycles. The fourth-order valence-corrected chi connectivity index (χ4v) is 0.807. The van der Waals surface area contributed by atoms with Crippen molar-refractivity contribution in [1.29, 1.82) is 0 Å². The third kappa shape index (κ3) is 3.15. The maximum Gasteiger partial charge on any atom is 0.113 e. The van der Waals surface area contributed by atoms with Crippen LogP contribution in [0, 0.1) is 0 Å². The van der Waals surface area contributed by atoms with Gasteiger partial charge in [-0.2, -0.15) is 0 Å². The fraction of sp³-hybridized carbons (Fsp3) is 0.556. The van der Waals surface area contributed by atoms with E-state index < -0.39 is 11.4 Å². The minimum Gasteiger partial charge on any atom is -0.381 e. The monoisotopic (exact) mass is 173 g/mol. The van der Waals surface area contributed by atoms with Crippen LogP contribution in [0.1, 0.15) is 20.3 Å². The van der Waals surface area contributed by atoms with E-state index in [1.807, 2.05) is 19.1 Å². The zero-order chi connectivity index (χ0) is 9.61. The van der Waals surface area contributed by atoms with Crippen molar-refractivity contribution in [3.63, 3.8) is 0 Å². The second-order valence-corrected chi connectivity index (χ2v) is 2.85. The quantitative estimate of drug-likeness (QED) is 0.490. The van der Waals surface area contributed by atoms with Crippen LogP contribution in [-0.4, -0.2) is 17.4 Å². The normalized spacial score (nSPS) is 16.3. The predicted molar refractivity (Wildman–Crippen MR) is 48.3 cm³/mol. The molecular formula is C9H16FNO. The molecule has 0 rings (SSSR count). The Hall–Kier alpha value is -0.670. The number of hydrogen-bond donors (Lipinski definition) is 2. The molecule has 1 unspecified atom stereocenters. The van der Waals surface area contributed by atoms with Gasteiger partial charge in [-0.3, -0.25) is 5.32 Å². The summed E-state index contributed by atoms with van der Waals surface area (Å²) in [7, 11) is 0. The van der Waals surface area contributed by atoms with Gasteiger partial charge in [0.2, 0.25) is 0 Å². The second-order valence-electron chi connectivity index (χ2n) is 2.85. The number of hydrogen-bond acceptors (Lipinski definition) is 2. The minimum atomic E-state index is -0.846. The van der Waals surface area contributed by atoms with Crippen LogP contribution >= 0.6 is 0 Å². The molecule has 0 radical (unpaired) electrons. The van der Waals surface area contributed by atoms with Crippen molar-refractivity contribution in [3.05, 3.63) is 24.6 Å². The van der Waals surface area contributed by atoms with E-state index in [2.05, 4.69) is 11.9 Å². The third-order valence-corrected chi connectivity index (χ3v) is 1.83. The molecule has 0 bridgehead atoms. The summed E-state index contributed by atoms with van der Waals surface area (Å²) in [4.78, 5) is 0. The van der Waals surface area contributed by atoms with Gasteiger partial charge in [0, 0.05) is 0 Å². The first-order valence-corrected chi connectivity index (χ1v) is 3.88. The molecule has 2 N–H and O–H groups in total. The summed E-state index contributed by atoms with van der Waals surface area (Å²) in [5.41, 5.74) is -0.846. The van der Waals surface area contributed by atoms with Crippen LogP contribution in [0.3, 0.4) is 0 Å². The number of aliphatic hydroxyl groups is 1. The summed E-state index contributed by atoms with van der Waals surface area (Å²) >= 11 is 0. The molecule has 0 aromatic heterocycles. The number of halogens is 1. The predicted octanol–water partition coefficient (Wildman–Crippen LogP) is 1.73. The third-order valence-electron chi connectivity index (χ3n) is 1.83. The van der Waals surface area contributed by atoms with Crippen molar-refractivity contribution in [2.45, 2.75) is 25.8 Å². The molecule has 0 spiro atoms. The molecule has 70 valence electrons. The van der Waals surface area contributed by atoms with Gasteiger partial charge in [0.15, 0.2) is 0 Å². The summed E-state index contributed by atoms with van der Waals surface area (Å²) in [5.74, 6) is -0.463. The Kier molecular flexibility index (Phi) is 4.78. The lowest BCUT2D eigenvalue weighted by atomic mass is 9.97. The van der Waals surface area contributed by atoms with Gasteiger partial charge in [-0.05, 0) is 20.3 Å². The Balaban J connectivity index is 4.28. The van der Waals surface area contributed by atoms with E-state index in [0.29, 0.717) is 6.42 Å². The molecule has 3 heteroatoms. The molecule has 0 saturated heterocycles. The highest BCUT2D eigenvalue weighted by molar-refractivity contribution is 5.10.